The van der Waals surface area contributed by atoms with Gasteiger partial charge in [-0.1, -0.05) is 49.1 Å². The number of hydrogen-bond donors (Lipinski definition) is 1. The standard InChI is InChI=1S/C23H22ClNO4/c24-20-9-5-4-8-17(20)19-13-29-21-12-16(10-11-18(21)23(19)27)28-14-22(26)25-15-6-2-1-3-7-15/h4-5,8-13,15H,1-3,6-7,14H2,(H,25,26). The Labute approximate surface area is 173 Å². The molecular weight excluding hydrogens is 390 g/mol. The SMILES string of the molecule is O=C(COc1ccc2c(=O)c(-c3ccccc3Cl)coc2c1)NC1CCCCC1. The van der Waals surface area contributed by atoms with E-state index >= 15 is 0 Å². The molecular formula is C23H22ClNO4. The van der Waals surface area contributed by atoms with Gasteiger partial charge in [0.1, 0.15) is 17.6 Å². The van der Waals surface area contributed by atoms with Crippen molar-refractivity contribution in [2.45, 2.75) is 38.1 Å². The fraction of sp³-hybridized carbons (Fsp3) is 0.304. The van der Waals surface area contributed by atoms with Gasteiger partial charge >= 0.3 is 0 Å². The fourth-order valence-electron chi connectivity index (χ4n) is 3.73. The smallest absolute Gasteiger partial charge is 0.258 e. The summed E-state index contributed by atoms with van der Waals surface area (Å²) in [5.74, 6) is 0.345. The number of benzene rings is 2. The van der Waals surface area contributed by atoms with Crippen LogP contribution >= 0.6 is 11.6 Å². The van der Waals surface area contributed by atoms with Gasteiger partial charge in [0.2, 0.25) is 5.43 Å². The molecule has 1 fully saturated rings. The van der Waals surface area contributed by atoms with Crippen molar-refractivity contribution in [3.63, 3.8) is 0 Å². The minimum atomic E-state index is -0.166. The normalized spacial score (nSPS) is 14.7. The predicted octanol–water partition coefficient (Wildman–Crippen LogP) is 4.94. The average molecular weight is 412 g/mol. The summed E-state index contributed by atoms with van der Waals surface area (Å²) in [6.45, 7) is -0.0655. The quantitative estimate of drug-likeness (QED) is 0.645. The van der Waals surface area contributed by atoms with Crippen molar-refractivity contribution in [3.8, 4) is 16.9 Å². The largest absolute Gasteiger partial charge is 0.484 e. The third kappa shape index (κ3) is 4.46. The molecule has 1 aliphatic rings. The van der Waals surface area contributed by atoms with Crippen molar-refractivity contribution in [2.24, 2.45) is 0 Å². The average Bonchev–Trinajstić information content (AvgIpc) is 2.74. The van der Waals surface area contributed by atoms with Crippen LogP contribution in [0, 0.1) is 0 Å². The highest BCUT2D eigenvalue weighted by Crippen LogP contribution is 2.28. The minimum absolute atomic E-state index is 0.0655. The van der Waals surface area contributed by atoms with Crippen molar-refractivity contribution in [2.75, 3.05) is 6.61 Å². The molecule has 6 heteroatoms. The van der Waals surface area contributed by atoms with Gasteiger partial charge in [0.25, 0.3) is 5.91 Å². The van der Waals surface area contributed by atoms with E-state index in [1.807, 2.05) is 12.1 Å². The van der Waals surface area contributed by atoms with Gasteiger partial charge in [-0.15, -0.1) is 0 Å². The molecule has 29 heavy (non-hydrogen) atoms. The summed E-state index contributed by atoms with van der Waals surface area (Å²) in [6, 6.07) is 12.3. The summed E-state index contributed by atoms with van der Waals surface area (Å²) >= 11 is 6.21. The second-order valence-electron chi connectivity index (χ2n) is 7.31. The zero-order valence-electron chi connectivity index (χ0n) is 15.9. The second-order valence-corrected chi connectivity index (χ2v) is 7.71. The lowest BCUT2D eigenvalue weighted by Crippen LogP contribution is -2.38. The van der Waals surface area contributed by atoms with Crippen LogP contribution in [0.2, 0.25) is 5.02 Å². The molecule has 1 aromatic heterocycles. The molecule has 0 bridgehead atoms. The van der Waals surface area contributed by atoms with E-state index < -0.39 is 0 Å². The summed E-state index contributed by atoms with van der Waals surface area (Å²) in [5.41, 5.74) is 1.27. The number of rotatable bonds is 5. The van der Waals surface area contributed by atoms with Crippen molar-refractivity contribution in [1.82, 2.24) is 5.32 Å². The van der Waals surface area contributed by atoms with Crippen LogP contribution in [0.25, 0.3) is 22.1 Å². The van der Waals surface area contributed by atoms with E-state index in [2.05, 4.69) is 5.32 Å². The number of carbonyl (C=O) groups excluding carboxylic acids is 1. The van der Waals surface area contributed by atoms with Crippen molar-refractivity contribution >= 4 is 28.5 Å². The molecule has 5 nitrogen and oxygen atoms in total. The second kappa shape index (κ2) is 8.70. The zero-order valence-corrected chi connectivity index (χ0v) is 16.7. The Morgan fingerprint density at radius 1 is 1.10 bits per heavy atom. The van der Waals surface area contributed by atoms with Crippen LogP contribution in [0.4, 0.5) is 0 Å². The van der Waals surface area contributed by atoms with Crippen LogP contribution in [0.1, 0.15) is 32.1 Å². The predicted molar refractivity (Wildman–Crippen MR) is 113 cm³/mol. The minimum Gasteiger partial charge on any atom is -0.484 e. The zero-order chi connectivity index (χ0) is 20.2. The highest BCUT2D eigenvalue weighted by atomic mass is 35.5. The number of ether oxygens (including phenoxy) is 1. The van der Waals surface area contributed by atoms with E-state index in [9.17, 15) is 9.59 Å². The molecule has 0 aliphatic heterocycles. The first-order valence-electron chi connectivity index (χ1n) is 9.84. The van der Waals surface area contributed by atoms with Gasteiger partial charge in [-0.3, -0.25) is 9.59 Å². The molecule has 150 valence electrons. The molecule has 2 aromatic carbocycles. The third-order valence-corrected chi connectivity index (χ3v) is 5.58. The van der Waals surface area contributed by atoms with Crippen LogP contribution in [-0.4, -0.2) is 18.6 Å². The Morgan fingerprint density at radius 2 is 1.90 bits per heavy atom. The Kier molecular flexibility index (Phi) is 5.86. The summed E-state index contributed by atoms with van der Waals surface area (Å²) in [5, 5.41) is 3.94. The van der Waals surface area contributed by atoms with Gasteiger partial charge in [0.05, 0.1) is 10.9 Å². The molecule has 0 spiro atoms. The Bertz CT molecular complexity index is 1090. The topological polar surface area (TPSA) is 68.5 Å². The summed E-state index contributed by atoms with van der Waals surface area (Å²) in [6.07, 6.45) is 7.02. The van der Waals surface area contributed by atoms with Crippen LogP contribution in [0.3, 0.4) is 0 Å². The molecule has 1 saturated carbocycles. The molecule has 1 aliphatic carbocycles. The first kappa shape index (κ1) is 19.5. The van der Waals surface area contributed by atoms with Gasteiger partial charge in [-0.25, -0.2) is 0 Å². The summed E-state index contributed by atoms with van der Waals surface area (Å²) < 4.78 is 11.3. The van der Waals surface area contributed by atoms with E-state index in [0.717, 1.165) is 25.7 Å². The molecule has 0 saturated heterocycles. The molecule has 0 unspecified atom stereocenters. The van der Waals surface area contributed by atoms with E-state index in [0.29, 0.717) is 32.9 Å². The Hall–Kier alpha value is -2.79. The van der Waals surface area contributed by atoms with Crippen LogP contribution < -0.4 is 15.5 Å². The van der Waals surface area contributed by atoms with Crippen molar-refractivity contribution in [1.29, 1.82) is 0 Å². The van der Waals surface area contributed by atoms with E-state index in [4.69, 9.17) is 20.8 Å². The van der Waals surface area contributed by atoms with Crippen molar-refractivity contribution < 1.29 is 13.9 Å². The van der Waals surface area contributed by atoms with E-state index in [1.165, 1.54) is 12.7 Å². The lowest BCUT2D eigenvalue weighted by molar-refractivity contribution is -0.124. The number of halogens is 1. The molecule has 1 amide bonds. The number of amides is 1. The van der Waals surface area contributed by atoms with Gasteiger partial charge in [-0.05, 0) is 31.0 Å². The van der Waals surface area contributed by atoms with Gasteiger partial charge in [-0.2, -0.15) is 0 Å². The van der Waals surface area contributed by atoms with Crippen LogP contribution in [0.5, 0.6) is 5.75 Å². The molecule has 4 rings (SSSR count). The van der Waals surface area contributed by atoms with E-state index in [-0.39, 0.29) is 24.0 Å². The lowest BCUT2D eigenvalue weighted by atomic mass is 9.95. The Balaban J connectivity index is 1.48. The highest BCUT2D eigenvalue weighted by Gasteiger charge is 2.16. The van der Waals surface area contributed by atoms with Gasteiger partial charge < -0.3 is 14.5 Å². The maximum atomic E-state index is 12.9. The monoisotopic (exact) mass is 411 g/mol. The maximum absolute atomic E-state index is 12.9. The summed E-state index contributed by atoms with van der Waals surface area (Å²) in [7, 11) is 0. The van der Waals surface area contributed by atoms with E-state index in [1.54, 1.807) is 30.3 Å². The van der Waals surface area contributed by atoms with Crippen LogP contribution in [-0.2, 0) is 4.79 Å². The first-order chi connectivity index (χ1) is 14.1. The van der Waals surface area contributed by atoms with Gasteiger partial charge in [0, 0.05) is 22.7 Å². The highest BCUT2D eigenvalue weighted by molar-refractivity contribution is 6.33. The molecule has 0 atom stereocenters. The van der Waals surface area contributed by atoms with Gasteiger partial charge in [0.15, 0.2) is 6.61 Å². The summed E-state index contributed by atoms with van der Waals surface area (Å²) in [4.78, 5) is 25.0. The first-order valence-corrected chi connectivity index (χ1v) is 10.2. The number of carbonyl (C=O) groups is 1. The fourth-order valence-corrected chi connectivity index (χ4v) is 3.97. The molecule has 1 heterocycles. The van der Waals surface area contributed by atoms with Crippen LogP contribution in [0.15, 0.2) is 57.9 Å². The molecule has 0 radical (unpaired) electrons. The van der Waals surface area contributed by atoms with Crippen molar-refractivity contribution in [3.05, 3.63) is 64.0 Å². The maximum Gasteiger partial charge on any atom is 0.258 e. The third-order valence-electron chi connectivity index (χ3n) is 5.25. The number of hydrogen-bond acceptors (Lipinski definition) is 4. The molecule has 3 aromatic rings. The molecule has 1 N–H and O–H groups in total. The lowest BCUT2D eigenvalue weighted by Gasteiger charge is -2.22. The number of fused-ring (bicyclic) bond motifs is 1. The Morgan fingerprint density at radius 3 is 2.69 bits per heavy atom. The number of nitrogens with one attached hydrogen (secondary N) is 1.